The van der Waals surface area contributed by atoms with Gasteiger partial charge in [0.05, 0.1) is 30.7 Å². The number of aryl methyl sites for hydroxylation is 1. The van der Waals surface area contributed by atoms with Gasteiger partial charge >= 0.3 is 0 Å². The van der Waals surface area contributed by atoms with E-state index in [1.807, 2.05) is 42.9 Å². The molecular formula is C25H29N5O. The fourth-order valence-corrected chi connectivity index (χ4v) is 4.21. The van der Waals surface area contributed by atoms with Crippen LogP contribution in [0.5, 0.6) is 0 Å². The van der Waals surface area contributed by atoms with E-state index in [1.165, 1.54) is 11.3 Å². The van der Waals surface area contributed by atoms with Gasteiger partial charge in [-0.15, -0.1) is 0 Å². The monoisotopic (exact) mass is 415 g/mol. The number of imidazole rings is 1. The molecule has 1 fully saturated rings. The summed E-state index contributed by atoms with van der Waals surface area (Å²) in [5.74, 6) is 0. The second kappa shape index (κ2) is 9.34. The van der Waals surface area contributed by atoms with Gasteiger partial charge in [0.25, 0.3) is 0 Å². The molecule has 1 aliphatic heterocycles. The highest BCUT2D eigenvalue weighted by Gasteiger charge is 2.34. The molecule has 0 unspecified atom stereocenters. The van der Waals surface area contributed by atoms with Gasteiger partial charge in [-0.1, -0.05) is 36.4 Å². The lowest BCUT2D eigenvalue weighted by molar-refractivity contribution is 0.113. The number of benzene rings is 2. The van der Waals surface area contributed by atoms with Crippen molar-refractivity contribution in [2.24, 2.45) is 0 Å². The molecule has 1 aromatic heterocycles. The molecule has 2 heterocycles. The van der Waals surface area contributed by atoms with Crippen molar-refractivity contribution < 1.29 is 5.11 Å². The summed E-state index contributed by atoms with van der Waals surface area (Å²) in [4.78, 5) is 10.2. The van der Waals surface area contributed by atoms with Crippen LogP contribution < -0.4 is 5.32 Å². The quantitative estimate of drug-likeness (QED) is 0.567. The van der Waals surface area contributed by atoms with Gasteiger partial charge in [-0.2, -0.15) is 0 Å². The van der Waals surface area contributed by atoms with Gasteiger partial charge in [-0.25, -0.2) is 9.83 Å². The molecule has 2 N–H and O–H groups in total. The molecule has 6 heteroatoms. The van der Waals surface area contributed by atoms with Crippen LogP contribution >= 0.6 is 0 Å². The number of nitrogens with zero attached hydrogens (tertiary/aromatic N) is 4. The van der Waals surface area contributed by atoms with Crippen molar-refractivity contribution >= 4 is 11.4 Å². The first-order chi connectivity index (χ1) is 15.1. The lowest BCUT2D eigenvalue weighted by Crippen LogP contribution is -2.51. The molecule has 160 valence electrons. The van der Waals surface area contributed by atoms with Gasteiger partial charge in [0, 0.05) is 38.1 Å². The van der Waals surface area contributed by atoms with Gasteiger partial charge in [0.2, 0.25) is 0 Å². The number of aromatic nitrogens is 2. The lowest BCUT2D eigenvalue weighted by atomic mass is 9.87. The molecule has 1 aliphatic rings. The number of rotatable bonds is 7. The smallest absolute Gasteiger partial charge is 0.187 e. The molecule has 4 rings (SSSR count). The molecular weight excluding hydrogens is 386 g/mol. The van der Waals surface area contributed by atoms with E-state index >= 15 is 0 Å². The largest absolute Gasteiger partial charge is 0.394 e. The SMILES string of the molecule is [C-]#[N+]c1ccc(Cn2cncc2CN2CCC(CO)(Nc3cccc(C)c3)CC2)cc1. The van der Waals surface area contributed by atoms with Crippen LogP contribution in [-0.2, 0) is 13.1 Å². The van der Waals surface area contributed by atoms with Crippen LogP contribution in [0.25, 0.3) is 4.85 Å². The van der Waals surface area contributed by atoms with Crippen LogP contribution in [0.4, 0.5) is 11.4 Å². The highest BCUT2D eigenvalue weighted by molar-refractivity contribution is 5.48. The Morgan fingerprint density at radius 2 is 1.90 bits per heavy atom. The third kappa shape index (κ3) is 5.13. The highest BCUT2D eigenvalue weighted by atomic mass is 16.3. The van der Waals surface area contributed by atoms with E-state index in [9.17, 15) is 5.11 Å². The van der Waals surface area contributed by atoms with Crippen molar-refractivity contribution in [1.82, 2.24) is 14.5 Å². The molecule has 1 saturated heterocycles. The van der Waals surface area contributed by atoms with Crippen LogP contribution in [0.3, 0.4) is 0 Å². The normalized spacial score (nSPS) is 16.0. The third-order valence-electron chi connectivity index (χ3n) is 6.15. The third-order valence-corrected chi connectivity index (χ3v) is 6.15. The Balaban J connectivity index is 1.36. The van der Waals surface area contributed by atoms with Crippen molar-refractivity contribution in [3.63, 3.8) is 0 Å². The summed E-state index contributed by atoms with van der Waals surface area (Å²) in [6, 6.07) is 16.1. The van der Waals surface area contributed by atoms with E-state index in [0.717, 1.165) is 50.3 Å². The molecule has 6 nitrogen and oxygen atoms in total. The maximum Gasteiger partial charge on any atom is 0.187 e. The van der Waals surface area contributed by atoms with Crippen LogP contribution in [0, 0.1) is 13.5 Å². The molecule has 0 aliphatic carbocycles. The molecule has 0 saturated carbocycles. The molecule has 0 radical (unpaired) electrons. The zero-order chi connectivity index (χ0) is 21.7. The molecule has 0 amide bonds. The Morgan fingerprint density at radius 3 is 2.58 bits per heavy atom. The number of aliphatic hydroxyl groups is 1. The maximum atomic E-state index is 10.1. The second-order valence-electron chi connectivity index (χ2n) is 8.50. The molecule has 0 spiro atoms. The summed E-state index contributed by atoms with van der Waals surface area (Å²) in [7, 11) is 0. The fourth-order valence-electron chi connectivity index (χ4n) is 4.21. The zero-order valence-corrected chi connectivity index (χ0v) is 18.0. The van der Waals surface area contributed by atoms with E-state index in [1.54, 1.807) is 0 Å². The molecule has 2 aromatic carbocycles. The van der Waals surface area contributed by atoms with Crippen molar-refractivity contribution in [2.75, 3.05) is 25.0 Å². The van der Waals surface area contributed by atoms with E-state index in [-0.39, 0.29) is 12.1 Å². The van der Waals surface area contributed by atoms with E-state index in [2.05, 4.69) is 49.7 Å². The molecule has 31 heavy (non-hydrogen) atoms. The number of likely N-dealkylation sites (tertiary alicyclic amines) is 1. The zero-order valence-electron chi connectivity index (χ0n) is 18.0. The highest BCUT2D eigenvalue weighted by Crippen LogP contribution is 2.28. The Kier molecular flexibility index (Phi) is 6.36. The minimum Gasteiger partial charge on any atom is -0.394 e. The van der Waals surface area contributed by atoms with Gasteiger partial charge in [-0.3, -0.25) is 4.90 Å². The predicted molar refractivity (Wildman–Crippen MR) is 123 cm³/mol. The summed E-state index contributed by atoms with van der Waals surface area (Å²) < 4.78 is 2.17. The van der Waals surface area contributed by atoms with E-state index in [0.29, 0.717) is 5.69 Å². The van der Waals surface area contributed by atoms with Crippen molar-refractivity contribution in [3.05, 3.63) is 89.3 Å². The van der Waals surface area contributed by atoms with Crippen LogP contribution in [0.15, 0.2) is 61.1 Å². The van der Waals surface area contributed by atoms with Gasteiger partial charge < -0.3 is 15.0 Å². The standard InChI is InChI=1S/C25H29N5O/c1-20-4-3-5-23(14-20)28-25(18-31)10-12-29(13-11-25)17-24-15-27-19-30(24)16-21-6-8-22(26-2)9-7-21/h3-9,14-15,19,28,31H,10-13,16-18H2,1H3. The number of piperidine rings is 1. The van der Waals surface area contributed by atoms with Gasteiger partial charge in [0.15, 0.2) is 5.69 Å². The first-order valence-electron chi connectivity index (χ1n) is 10.7. The van der Waals surface area contributed by atoms with E-state index in [4.69, 9.17) is 6.57 Å². The topological polar surface area (TPSA) is 57.7 Å². The molecule has 0 bridgehead atoms. The maximum absolute atomic E-state index is 10.1. The average Bonchev–Trinajstić information content (AvgIpc) is 3.22. The first-order valence-corrected chi connectivity index (χ1v) is 10.7. The Hall–Kier alpha value is -3.14. The average molecular weight is 416 g/mol. The Bertz CT molecular complexity index is 1040. The number of hydrogen-bond acceptors (Lipinski definition) is 4. The predicted octanol–water partition coefficient (Wildman–Crippen LogP) is 4.23. The number of nitrogens with one attached hydrogen (secondary N) is 1. The van der Waals surface area contributed by atoms with Gasteiger partial charge in [0.1, 0.15) is 0 Å². The van der Waals surface area contributed by atoms with Crippen molar-refractivity contribution in [3.8, 4) is 0 Å². The molecule has 0 atom stereocenters. The van der Waals surface area contributed by atoms with Crippen LogP contribution in [0.1, 0.15) is 29.7 Å². The summed E-state index contributed by atoms with van der Waals surface area (Å²) in [5, 5.41) is 13.7. The van der Waals surface area contributed by atoms with E-state index < -0.39 is 0 Å². The fraction of sp³-hybridized carbons (Fsp3) is 0.360. The summed E-state index contributed by atoms with van der Waals surface area (Å²) >= 11 is 0. The van der Waals surface area contributed by atoms with Crippen molar-refractivity contribution in [1.29, 1.82) is 0 Å². The minimum atomic E-state index is -0.269. The summed E-state index contributed by atoms with van der Waals surface area (Å²) in [6.45, 7) is 12.7. The number of hydrogen-bond donors (Lipinski definition) is 2. The second-order valence-corrected chi connectivity index (χ2v) is 8.50. The number of aliphatic hydroxyl groups excluding tert-OH is 1. The van der Waals surface area contributed by atoms with Gasteiger partial charge in [-0.05, 0) is 43.0 Å². The first kappa shape index (κ1) is 21.1. The lowest BCUT2D eigenvalue weighted by Gasteiger charge is -2.42. The Morgan fingerprint density at radius 1 is 1.13 bits per heavy atom. The van der Waals surface area contributed by atoms with Crippen molar-refractivity contribution in [2.45, 2.75) is 38.4 Å². The Labute approximate surface area is 184 Å². The number of anilines is 1. The molecule has 3 aromatic rings. The summed E-state index contributed by atoms with van der Waals surface area (Å²) in [6.07, 6.45) is 5.60. The summed E-state index contributed by atoms with van der Waals surface area (Å²) in [5.41, 5.74) is 5.02. The van der Waals surface area contributed by atoms with Crippen LogP contribution in [0.2, 0.25) is 0 Å². The minimum absolute atomic E-state index is 0.132. The van der Waals surface area contributed by atoms with Crippen LogP contribution in [-0.4, -0.2) is 44.8 Å².